The van der Waals surface area contributed by atoms with Crippen LogP contribution in [0.4, 0.5) is 5.82 Å². The summed E-state index contributed by atoms with van der Waals surface area (Å²) in [5.74, 6) is 2.02. The van der Waals surface area contributed by atoms with E-state index < -0.39 is 10.0 Å². The Kier molecular flexibility index (Phi) is 5.46. The molecule has 0 aliphatic carbocycles. The van der Waals surface area contributed by atoms with Crippen LogP contribution in [0.15, 0.2) is 29.2 Å². The molecule has 2 aromatic rings. The number of benzene rings is 1. The highest BCUT2D eigenvalue weighted by Gasteiger charge is 2.38. The van der Waals surface area contributed by atoms with Gasteiger partial charge in [0.1, 0.15) is 17.4 Å². The number of aromatic nitrogens is 2. The molecule has 0 saturated carbocycles. The molecule has 2 aliphatic rings. The monoisotopic (exact) mass is 417 g/mol. The maximum absolute atomic E-state index is 13.3. The van der Waals surface area contributed by atoms with Crippen molar-refractivity contribution < 1.29 is 13.2 Å². The summed E-state index contributed by atoms with van der Waals surface area (Å²) < 4.78 is 33.3. The summed E-state index contributed by atoms with van der Waals surface area (Å²) in [6.45, 7) is 2.18. The molecule has 1 saturated heterocycles. The van der Waals surface area contributed by atoms with E-state index in [1.807, 2.05) is 7.05 Å². The van der Waals surface area contributed by atoms with Gasteiger partial charge in [-0.15, -0.1) is 0 Å². The van der Waals surface area contributed by atoms with Gasteiger partial charge in [-0.25, -0.2) is 18.4 Å². The van der Waals surface area contributed by atoms with Gasteiger partial charge in [-0.1, -0.05) is 0 Å². The van der Waals surface area contributed by atoms with Gasteiger partial charge in [0.2, 0.25) is 10.0 Å². The fourth-order valence-electron chi connectivity index (χ4n) is 4.11. The lowest BCUT2D eigenvalue weighted by molar-refractivity contribution is 0.304. The number of rotatable bonds is 5. The average Bonchev–Trinajstić information content (AvgIpc) is 3.23. The van der Waals surface area contributed by atoms with Crippen molar-refractivity contribution in [1.29, 1.82) is 0 Å². The van der Waals surface area contributed by atoms with Gasteiger partial charge in [-0.3, -0.25) is 0 Å². The second-order valence-electron chi connectivity index (χ2n) is 7.54. The molecular weight excluding hydrogens is 390 g/mol. The van der Waals surface area contributed by atoms with Gasteiger partial charge in [0.05, 0.1) is 23.7 Å². The van der Waals surface area contributed by atoms with Crippen LogP contribution in [0.1, 0.15) is 36.0 Å². The largest absolute Gasteiger partial charge is 0.497 e. The predicted molar refractivity (Wildman–Crippen MR) is 110 cm³/mol. The van der Waals surface area contributed by atoms with Crippen molar-refractivity contribution in [1.82, 2.24) is 19.2 Å². The molecule has 0 radical (unpaired) electrons. The molecule has 0 unspecified atom stereocenters. The minimum atomic E-state index is -3.65. The fourth-order valence-corrected chi connectivity index (χ4v) is 5.76. The molecule has 0 amide bonds. The van der Waals surface area contributed by atoms with Crippen molar-refractivity contribution in [3.63, 3.8) is 0 Å². The second-order valence-corrected chi connectivity index (χ2v) is 9.43. The SMILES string of the molecule is CNc1nc([C@@H]2CCCN2S(=O)(=O)c2ccc(OC)cc2)nc2c1CCN(C)C2. The van der Waals surface area contributed by atoms with Crippen molar-refractivity contribution in [3.8, 4) is 5.75 Å². The number of hydrogen-bond acceptors (Lipinski definition) is 7. The number of fused-ring (bicyclic) bond motifs is 1. The molecule has 29 heavy (non-hydrogen) atoms. The van der Waals surface area contributed by atoms with E-state index >= 15 is 0 Å². The maximum Gasteiger partial charge on any atom is 0.243 e. The molecule has 2 aliphatic heterocycles. The Bertz CT molecular complexity index is 994. The van der Waals surface area contributed by atoms with Crippen LogP contribution in [0.5, 0.6) is 5.75 Å². The molecule has 1 fully saturated rings. The molecule has 1 atom stereocenters. The van der Waals surface area contributed by atoms with Crippen molar-refractivity contribution >= 4 is 15.8 Å². The number of ether oxygens (including phenoxy) is 1. The van der Waals surface area contributed by atoms with E-state index in [0.717, 1.165) is 43.0 Å². The molecule has 156 valence electrons. The molecule has 0 spiro atoms. The Morgan fingerprint density at radius 2 is 1.93 bits per heavy atom. The third kappa shape index (κ3) is 3.70. The minimum Gasteiger partial charge on any atom is -0.497 e. The zero-order valence-electron chi connectivity index (χ0n) is 17.1. The first-order valence-corrected chi connectivity index (χ1v) is 11.3. The highest BCUT2D eigenvalue weighted by molar-refractivity contribution is 7.89. The molecule has 3 heterocycles. The molecule has 0 bridgehead atoms. The van der Waals surface area contributed by atoms with E-state index in [0.29, 0.717) is 24.5 Å². The van der Waals surface area contributed by atoms with Crippen LogP contribution in [0, 0.1) is 0 Å². The Morgan fingerprint density at radius 3 is 2.62 bits per heavy atom. The van der Waals surface area contributed by atoms with Crippen LogP contribution in [0.2, 0.25) is 0 Å². The molecule has 1 N–H and O–H groups in total. The summed E-state index contributed by atoms with van der Waals surface area (Å²) in [4.78, 5) is 12.0. The molecular formula is C20H27N5O3S. The van der Waals surface area contributed by atoms with Crippen molar-refractivity contribution in [2.75, 3.05) is 39.6 Å². The summed E-state index contributed by atoms with van der Waals surface area (Å²) in [7, 11) is 1.84. The van der Waals surface area contributed by atoms with Crippen LogP contribution in [0.3, 0.4) is 0 Å². The first kappa shape index (κ1) is 20.1. The second kappa shape index (κ2) is 7.89. The van der Waals surface area contributed by atoms with Crippen molar-refractivity contribution in [2.45, 2.75) is 36.7 Å². The highest BCUT2D eigenvalue weighted by Crippen LogP contribution is 2.37. The molecule has 8 nitrogen and oxygen atoms in total. The zero-order chi connectivity index (χ0) is 20.6. The quantitative estimate of drug-likeness (QED) is 0.796. The average molecular weight is 418 g/mol. The standard InChI is InChI=1S/C20H27N5O3S/c1-21-19-16-10-12-24(2)13-17(16)22-20(23-19)18-5-4-11-25(18)29(26,27)15-8-6-14(28-3)7-9-15/h6-9,18H,4-5,10-13H2,1-3H3,(H,21,22,23)/t18-/m0/s1. The van der Waals surface area contributed by atoms with Crippen molar-refractivity contribution in [3.05, 3.63) is 41.3 Å². The van der Waals surface area contributed by atoms with E-state index in [-0.39, 0.29) is 10.9 Å². The predicted octanol–water partition coefficient (Wildman–Crippen LogP) is 2.04. The fraction of sp³-hybridized carbons (Fsp3) is 0.500. The third-order valence-corrected chi connectivity index (χ3v) is 7.60. The Labute approximate surface area is 172 Å². The van der Waals surface area contributed by atoms with Gasteiger partial charge in [0.15, 0.2) is 0 Å². The summed E-state index contributed by atoms with van der Waals surface area (Å²) in [5.41, 5.74) is 2.12. The third-order valence-electron chi connectivity index (χ3n) is 5.68. The number of hydrogen-bond donors (Lipinski definition) is 1. The van der Waals surface area contributed by atoms with Crippen LogP contribution in [-0.4, -0.2) is 61.9 Å². The lowest BCUT2D eigenvalue weighted by atomic mass is 10.1. The number of nitrogens with zero attached hydrogens (tertiary/aromatic N) is 4. The van der Waals surface area contributed by atoms with Gasteiger partial charge >= 0.3 is 0 Å². The molecule has 9 heteroatoms. The molecule has 1 aromatic carbocycles. The van der Waals surface area contributed by atoms with Crippen molar-refractivity contribution in [2.24, 2.45) is 0 Å². The topological polar surface area (TPSA) is 87.7 Å². The van der Waals surface area contributed by atoms with Gasteiger partial charge < -0.3 is 15.0 Å². The first-order valence-electron chi connectivity index (χ1n) is 9.86. The van der Waals surface area contributed by atoms with Gasteiger partial charge in [-0.05, 0) is 50.6 Å². The lowest BCUT2D eigenvalue weighted by Crippen LogP contribution is -2.33. The summed E-state index contributed by atoms with van der Waals surface area (Å²) in [6.07, 6.45) is 2.39. The Morgan fingerprint density at radius 1 is 1.17 bits per heavy atom. The van der Waals surface area contributed by atoms with Crippen LogP contribution in [-0.2, 0) is 23.0 Å². The van der Waals surface area contributed by atoms with Crippen LogP contribution < -0.4 is 10.1 Å². The minimum absolute atomic E-state index is 0.261. The van der Waals surface area contributed by atoms with E-state index in [1.165, 1.54) is 0 Å². The Hall–Kier alpha value is -2.23. The van der Waals surface area contributed by atoms with Gasteiger partial charge in [0.25, 0.3) is 0 Å². The molecule has 4 rings (SSSR count). The normalized spacial score (nSPS) is 20.4. The van der Waals surface area contributed by atoms with E-state index in [2.05, 4.69) is 17.3 Å². The number of anilines is 1. The summed E-state index contributed by atoms with van der Waals surface area (Å²) >= 11 is 0. The summed E-state index contributed by atoms with van der Waals surface area (Å²) in [5, 5.41) is 3.18. The van der Waals surface area contributed by atoms with E-state index in [9.17, 15) is 8.42 Å². The Balaban J connectivity index is 1.70. The number of sulfonamides is 1. The number of methoxy groups -OCH3 is 1. The van der Waals surface area contributed by atoms with E-state index in [4.69, 9.17) is 14.7 Å². The van der Waals surface area contributed by atoms with Gasteiger partial charge in [0, 0.05) is 32.2 Å². The van der Waals surface area contributed by atoms with Crippen LogP contribution in [0.25, 0.3) is 0 Å². The summed E-state index contributed by atoms with van der Waals surface area (Å²) in [6, 6.07) is 6.16. The smallest absolute Gasteiger partial charge is 0.243 e. The zero-order valence-corrected chi connectivity index (χ0v) is 17.9. The number of likely N-dealkylation sites (N-methyl/N-ethyl adjacent to an activating group) is 1. The maximum atomic E-state index is 13.3. The van der Waals surface area contributed by atoms with E-state index in [1.54, 1.807) is 35.7 Å². The molecule has 1 aromatic heterocycles. The van der Waals surface area contributed by atoms with Gasteiger partial charge in [-0.2, -0.15) is 4.31 Å². The van der Waals surface area contributed by atoms with Crippen LogP contribution >= 0.6 is 0 Å². The first-order chi connectivity index (χ1) is 13.9. The number of nitrogens with one attached hydrogen (secondary N) is 1. The lowest BCUT2D eigenvalue weighted by Gasteiger charge is -2.28. The highest BCUT2D eigenvalue weighted by atomic mass is 32.2.